The van der Waals surface area contributed by atoms with Crippen molar-refractivity contribution in [2.75, 3.05) is 31.6 Å². The lowest BCUT2D eigenvalue weighted by molar-refractivity contribution is 0.0223. The van der Waals surface area contributed by atoms with Crippen LogP contribution in [0.3, 0.4) is 0 Å². The first-order valence-corrected chi connectivity index (χ1v) is 13.8. The topological polar surface area (TPSA) is 94.0 Å². The van der Waals surface area contributed by atoms with E-state index in [4.69, 9.17) is 21.1 Å². The third-order valence-electron chi connectivity index (χ3n) is 6.75. The second-order valence-corrected chi connectivity index (χ2v) is 11.2. The summed E-state index contributed by atoms with van der Waals surface area (Å²) in [7, 11) is 1.89. The molecule has 1 amide bonds. The second kappa shape index (κ2) is 12.3. The minimum absolute atomic E-state index is 0.0427. The quantitative estimate of drug-likeness (QED) is 0.250. The summed E-state index contributed by atoms with van der Waals surface area (Å²) in [5.41, 5.74) is 2.80. The highest BCUT2D eigenvalue weighted by atomic mass is 35.5. The second-order valence-electron chi connectivity index (χ2n) is 10.8. The molecule has 1 aliphatic rings. The fourth-order valence-electron chi connectivity index (χ4n) is 4.71. The zero-order valence-corrected chi connectivity index (χ0v) is 24.6. The summed E-state index contributed by atoms with van der Waals surface area (Å²) in [6.45, 7) is 8.73. The van der Waals surface area contributed by atoms with E-state index >= 15 is 0 Å². The predicted octanol–water partition coefficient (Wildman–Crippen LogP) is 5.63. The highest BCUT2D eigenvalue weighted by Gasteiger charge is 2.28. The molecule has 1 aromatic heterocycles. The monoisotopic (exact) mass is 584 g/mol. The van der Waals surface area contributed by atoms with Crippen LogP contribution in [0.15, 0.2) is 36.4 Å². The van der Waals surface area contributed by atoms with Crippen molar-refractivity contribution in [1.29, 1.82) is 0 Å². The molecule has 0 saturated heterocycles. The maximum atomic E-state index is 14.9. The number of ether oxygens (including phenoxy) is 2. The van der Waals surface area contributed by atoms with Gasteiger partial charge in [0.1, 0.15) is 17.0 Å². The molecule has 0 radical (unpaired) electrons. The molecule has 0 saturated carbocycles. The van der Waals surface area contributed by atoms with Crippen molar-refractivity contribution in [3.05, 3.63) is 75.3 Å². The van der Waals surface area contributed by atoms with Gasteiger partial charge in [-0.3, -0.25) is 4.79 Å². The van der Waals surface area contributed by atoms with Gasteiger partial charge in [-0.2, -0.15) is 5.10 Å². The molecule has 2 heterocycles. The Bertz CT molecular complexity index is 1470. The molecule has 0 N–H and O–H groups in total. The molecular formula is C30H34ClFN4O5. The lowest BCUT2D eigenvalue weighted by Crippen LogP contribution is -2.40. The van der Waals surface area contributed by atoms with E-state index in [1.807, 2.05) is 44.9 Å². The molecule has 1 aliphatic heterocycles. The Kier molecular flexibility index (Phi) is 9.01. The number of hydrogen-bond acceptors (Lipinski definition) is 7. The number of anilines is 1. The van der Waals surface area contributed by atoms with Gasteiger partial charge >= 0.3 is 12.1 Å². The average molecular weight is 585 g/mol. The maximum Gasteiger partial charge on any atom is 0.410 e. The smallest absolute Gasteiger partial charge is 0.410 e. The molecule has 0 unspecified atom stereocenters. The number of benzene rings is 2. The zero-order chi connectivity index (χ0) is 29.9. The van der Waals surface area contributed by atoms with Crippen LogP contribution in [0.4, 0.5) is 14.9 Å². The number of esters is 1. The summed E-state index contributed by atoms with van der Waals surface area (Å²) in [4.78, 5) is 41.3. The van der Waals surface area contributed by atoms with Crippen molar-refractivity contribution in [2.45, 2.75) is 52.7 Å². The molecule has 218 valence electrons. The highest BCUT2D eigenvalue weighted by Crippen LogP contribution is 2.28. The maximum absolute atomic E-state index is 14.9. The summed E-state index contributed by atoms with van der Waals surface area (Å²) >= 11 is 5.96. The average Bonchev–Trinajstić information content (AvgIpc) is 3.30. The van der Waals surface area contributed by atoms with Crippen molar-refractivity contribution in [2.24, 2.45) is 0 Å². The molecule has 4 rings (SSSR count). The molecule has 0 fully saturated rings. The highest BCUT2D eigenvalue weighted by molar-refractivity contribution is 6.30. The summed E-state index contributed by atoms with van der Waals surface area (Å²) in [5.74, 6) is -1.46. The molecule has 0 aliphatic carbocycles. The first-order chi connectivity index (χ1) is 19.4. The first kappa shape index (κ1) is 30.0. The van der Waals surface area contributed by atoms with Crippen LogP contribution in [-0.4, -0.2) is 65.4 Å². The minimum atomic E-state index is -0.756. The third kappa shape index (κ3) is 6.70. The van der Waals surface area contributed by atoms with E-state index in [9.17, 15) is 18.8 Å². The van der Waals surface area contributed by atoms with Crippen LogP contribution in [0.1, 0.15) is 65.4 Å². The third-order valence-corrected chi connectivity index (χ3v) is 7.05. The van der Waals surface area contributed by atoms with E-state index in [1.54, 1.807) is 11.8 Å². The molecule has 9 nitrogen and oxygen atoms in total. The number of nitrogens with zero attached hydrogens (tertiary/aromatic N) is 4. The normalized spacial score (nSPS) is 13.0. The predicted molar refractivity (Wildman–Crippen MR) is 154 cm³/mol. The number of hydrogen-bond donors (Lipinski definition) is 0. The van der Waals surface area contributed by atoms with Gasteiger partial charge in [-0.25, -0.2) is 18.7 Å². The summed E-state index contributed by atoms with van der Waals surface area (Å²) in [6, 6.07) is 10.4. The fourth-order valence-corrected chi connectivity index (χ4v) is 4.88. The Morgan fingerprint density at radius 1 is 1.20 bits per heavy atom. The zero-order valence-electron chi connectivity index (χ0n) is 23.9. The van der Waals surface area contributed by atoms with E-state index in [1.165, 1.54) is 23.8 Å². The molecule has 3 aromatic rings. The number of carbonyl (C=O) groups excluding carboxylic acids is 3. The van der Waals surface area contributed by atoms with Crippen molar-refractivity contribution in [3.8, 4) is 5.69 Å². The minimum Gasteiger partial charge on any atom is -0.461 e. The Balaban J connectivity index is 1.59. The number of aromatic nitrogens is 2. The van der Waals surface area contributed by atoms with Crippen molar-refractivity contribution in [3.63, 3.8) is 0 Å². The van der Waals surface area contributed by atoms with Crippen LogP contribution in [-0.2, 0) is 28.9 Å². The Morgan fingerprint density at radius 3 is 2.63 bits per heavy atom. The lowest BCUT2D eigenvalue weighted by Gasteiger charge is -2.32. The molecular weight excluding hydrogens is 551 g/mol. The molecule has 41 heavy (non-hydrogen) atoms. The largest absolute Gasteiger partial charge is 0.461 e. The summed E-state index contributed by atoms with van der Waals surface area (Å²) < 4.78 is 26.7. The molecule has 11 heteroatoms. The van der Waals surface area contributed by atoms with Crippen LogP contribution in [0.5, 0.6) is 0 Å². The fraction of sp³-hybridized carbons (Fsp3) is 0.400. The summed E-state index contributed by atoms with van der Waals surface area (Å²) in [5, 5.41) is 4.14. The van der Waals surface area contributed by atoms with Gasteiger partial charge in [0.2, 0.25) is 0 Å². The van der Waals surface area contributed by atoms with Crippen LogP contribution < -0.4 is 4.90 Å². The van der Waals surface area contributed by atoms with E-state index in [0.29, 0.717) is 31.5 Å². The van der Waals surface area contributed by atoms with Gasteiger partial charge in [0, 0.05) is 37.9 Å². The van der Waals surface area contributed by atoms with Gasteiger partial charge < -0.3 is 19.3 Å². The number of fused-ring (bicyclic) bond motifs is 1. The number of amides is 1. The number of likely N-dealkylation sites (N-methyl/N-ethyl adjacent to an activating group) is 1. The number of rotatable bonds is 8. The first-order valence-electron chi connectivity index (χ1n) is 13.4. The number of halogens is 2. The van der Waals surface area contributed by atoms with E-state index in [-0.39, 0.29) is 41.2 Å². The number of aldehydes is 1. The summed E-state index contributed by atoms with van der Waals surface area (Å²) in [6.07, 6.45) is 1.18. The molecule has 0 atom stereocenters. The van der Waals surface area contributed by atoms with Gasteiger partial charge in [0.25, 0.3) is 0 Å². The SMILES string of the molecule is CCOC(=O)c1nn(-c2cccc(Cl)c2F)c(C=O)c1CCN(C)c1ccc2c(c1)CN(C(=O)OC(C)(C)C)CC2. The van der Waals surface area contributed by atoms with Gasteiger partial charge in [-0.1, -0.05) is 23.7 Å². The van der Waals surface area contributed by atoms with Crippen molar-refractivity contribution >= 4 is 35.6 Å². The Labute approximate surface area is 243 Å². The van der Waals surface area contributed by atoms with Crippen LogP contribution in [0.25, 0.3) is 5.69 Å². The van der Waals surface area contributed by atoms with Crippen molar-refractivity contribution in [1.82, 2.24) is 14.7 Å². The molecule has 0 bridgehead atoms. The lowest BCUT2D eigenvalue weighted by atomic mass is 9.99. The number of carbonyl (C=O) groups is 3. The Hall–Kier alpha value is -3.92. The van der Waals surface area contributed by atoms with E-state index in [2.05, 4.69) is 11.2 Å². The van der Waals surface area contributed by atoms with Gasteiger partial charge in [0.15, 0.2) is 17.8 Å². The molecule has 2 aromatic carbocycles. The van der Waals surface area contributed by atoms with Gasteiger partial charge in [0.05, 0.1) is 11.6 Å². The van der Waals surface area contributed by atoms with Gasteiger partial charge in [-0.15, -0.1) is 0 Å². The van der Waals surface area contributed by atoms with E-state index < -0.39 is 17.4 Å². The van der Waals surface area contributed by atoms with E-state index in [0.717, 1.165) is 22.4 Å². The van der Waals surface area contributed by atoms with Crippen molar-refractivity contribution < 1.29 is 28.2 Å². The van der Waals surface area contributed by atoms with Crippen LogP contribution in [0.2, 0.25) is 5.02 Å². The Morgan fingerprint density at radius 2 is 1.95 bits per heavy atom. The van der Waals surface area contributed by atoms with Gasteiger partial charge in [-0.05, 0) is 75.9 Å². The standard InChI is InChI=1S/C30H34ClFN4O5/c1-6-40-28(38)27-22(25(18-37)36(33-27)24-9-7-8-23(31)26(24)32)13-14-34(5)21-11-10-19-12-15-35(17-20(19)16-21)29(39)41-30(2,3)4/h7-11,16,18H,6,12-15,17H2,1-5H3. The van der Waals surface area contributed by atoms with Crippen LogP contribution >= 0.6 is 11.6 Å². The molecule has 0 spiro atoms. The van der Waals surface area contributed by atoms with Crippen LogP contribution in [0, 0.1) is 5.82 Å².